The number of nitrogens with zero attached hydrogens (tertiary/aromatic N) is 2. The first-order valence-electron chi connectivity index (χ1n) is 7.22. The lowest BCUT2D eigenvalue weighted by Crippen LogP contribution is -2.43. The number of carbonyl (C=O) groups is 3. The van der Waals surface area contributed by atoms with Crippen LogP contribution in [-0.2, 0) is 14.4 Å². The van der Waals surface area contributed by atoms with Crippen molar-refractivity contribution in [3.63, 3.8) is 0 Å². The molecule has 2 aliphatic rings. The van der Waals surface area contributed by atoms with Crippen LogP contribution in [0.4, 0.5) is 0 Å². The number of amides is 2. The van der Waals surface area contributed by atoms with Gasteiger partial charge in [-0.1, -0.05) is 0 Å². The Morgan fingerprint density at radius 1 is 1.35 bits per heavy atom. The minimum atomic E-state index is -0.781. The maximum atomic E-state index is 12.4. The normalized spacial score (nSPS) is 26.9. The summed E-state index contributed by atoms with van der Waals surface area (Å²) in [4.78, 5) is 38.0. The molecule has 2 heterocycles. The molecule has 6 heteroatoms. The van der Waals surface area contributed by atoms with Crippen LogP contribution in [0.3, 0.4) is 0 Å². The molecular weight excluding hydrogens is 260 g/mol. The standard InChI is InChI=1S/C14H22N2O4/c1-15-9-11(7-12(15)17)14(20)16-6-2-3-10(8-16)4-5-13(18)19/h10-11H,2-9H2,1H3,(H,18,19)/t10-,11-/m1/s1. The van der Waals surface area contributed by atoms with E-state index in [4.69, 9.17) is 5.11 Å². The number of carboxylic acids is 1. The lowest BCUT2D eigenvalue weighted by molar-refractivity contribution is -0.138. The summed E-state index contributed by atoms with van der Waals surface area (Å²) < 4.78 is 0. The maximum Gasteiger partial charge on any atom is 0.303 e. The third-order valence-corrected chi connectivity index (χ3v) is 4.29. The summed E-state index contributed by atoms with van der Waals surface area (Å²) in [7, 11) is 1.72. The van der Waals surface area contributed by atoms with E-state index in [1.165, 1.54) is 0 Å². The van der Waals surface area contributed by atoms with Crippen LogP contribution in [0.15, 0.2) is 0 Å². The monoisotopic (exact) mass is 282 g/mol. The van der Waals surface area contributed by atoms with Gasteiger partial charge in [0.05, 0.1) is 5.92 Å². The van der Waals surface area contributed by atoms with Crippen molar-refractivity contribution < 1.29 is 19.5 Å². The van der Waals surface area contributed by atoms with E-state index in [-0.39, 0.29) is 30.1 Å². The highest BCUT2D eigenvalue weighted by molar-refractivity contribution is 5.89. The van der Waals surface area contributed by atoms with Crippen LogP contribution in [0, 0.1) is 11.8 Å². The van der Waals surface area contributed by atoms with Gasteiger partial charge in [-0.05, 0) is 25.2 Å². The van der Waals surface area contributed by atoms with Gasteiger partial charge in [0.1, 0.15) is 0 Å². The van der Waals surface area contributed by atoms with Crippen LogP contribution in [-0.4, -0.2) is 59.4 Å². The van der Waals surface area contributed by atoms with Crippen LogP contribution in [0.5, 0.6) is 0 Å². The average Bonchev–Trinajstić information content (AvgIpc) is 2.76. The molecule has 0 saturated carbocycles. The number of carboxylic acid groups (broad SMARTS) is 1. The summed E-state index contributed by atoms with van der Waals surface area (Å²) in [5.41, 5.74) is 0. The minimum absolute atomic E-state index is 0.0304. The molecule has 0 radical (unpaired) electrons. The number of rotatable bonds is 4. The van der Waals surface area contributed by atoms with Gasteiger partial charge in [-0.3, -0.25) is 14.4 Å². The topological polar surface area (TPSA) is 77.9 Å². The second-order valence-electron chi connectivity index (χ2n) is 5.90. The molecule has 2 atom stereocenters. The first-order valence-corrected chi connectivity index (χ1v) is 7.22. The molecular formula is C14H22N2O4. The average molecular weight is 282 g/mol. The van der Waals surface area contributed by atoms with Crippen LogP contribution < -0.4 is 0 Å². The van der Waals surface area contributed by atoms with E-state index in [1.807, 2.05) is 4.90 Å². The summed E-state index contributed by atoms with van der Waals surface area (Å²) >= 11 is 0. The molecule has 2 fully saturated rings. The number of aliphatic carboxylic acids is 1. The molecule has 0 aromatic carbocycles. The van der Waals surface area contributed by atoms with Gasteiger partial charge in [-0.25, -0.2) is 0 Å². The van der Waals surface area contributed by atoms with Gasteiger partial charge < -0.3 is 14.9 Å². The van der Waals surface area contributed by atoms with E-state index < -0.39 is 5.97 Å². The first-order chi connectivity index (χ1) is 9.47. The smallest absolute Gasteiger partial charge is 0.303 e. The molecule has 0 aromatic rings. The van der Waals surface area contributed by atoms with Crippen molar-refractivity contribution in [3.8, 4) is 0 Å². The molecule has 2 saturated heterocycles. The Labute approximate surface area is 118 Å². The first kappa shape index (κ1) is 14.8. The molecule has 0 bridgehead atoms. The molecule has 1 N–H and O–H groups in total. The number of hydrogen-bond acceptors (Lipinski definition) is 3. The molecule has 2 aliphatic heterocycles. The highest BCUT2D eigenvalue weighted by Gasteiger charge is 2.36. The lowest BCUT2D eigenvalue weighted by Gasteiger charge is -2.34. The van der Waals surface area contributed by atoms with Crippen molar-refractivity contribution in [2.24, 2.45) is 11.8 Å². The maximum absolute atomic E-state index is 12.4. The highest BCUT2D eigenvalue weighted by atomic mass is 16.4. The summed E-state index contributed by atoms with van der Waals surface area (Å²) in [6.07, 6.45) is 3.01. The molecule has 0 aromatic heterocycles. The Morgan fingerprint density at radius 3 is 2.70 bits per heavy atom. The Kier molecular flexibility index (Phi) is 4.62. The van der Waals surface area contributed by atoms with Crippen LogP contribution in [0.25, 0.3) is 0 Å². The summed E-state index contributed by atoms with van der Waals surface area (Å²) in [5.74, 6) is -0.633. The number of carbonyl (C=O) groups excluding carboxylic acids is 2. The van der Waals surface area contributed by atoms with Crippen LogP contribution in [0.2, 0.25) is 0 Å². The fraction of sp³-hybridized carbons (Fsp3) is 0.786. The summed E-state index contributed by atoms with van der Waals surface area (Å²) in [5, 5.41) is 8.73. The third kappa shape index (κ3) is 3.49. The van der Waals surface area contributed by atoms with Crippen molar-refractivity contribution in [2.75, 3.05) is 26.7 Å². The van der Waals surface area contributed by atoms with Crippen molar-refractivity contribution in [1.29, 1.82) is 0 Å². The Morgan fingerprint density at radius 2 is 2.10 bits per heavy atom. The molecule has 20 heavy (non-hydrogen) atoms. The zero-order valence-electron chi connectivity index (χ0n) is 11.9. The van der Waals surface area contributed by atoms with E-state index in [0.717, 1.165) is 19.4 Å². The van der Waals surface area contributed by atoms with Gasteiger partial charge in [0.2, 0.25) is 11.8 Å². The highest BCUT2D eigenvalue weighted by Crippen LogP contribution is 2.25. The van der Waals surface area contributed by atoms with Gasteiger partial charge >= 0.3 is 5.97 Å². The van der Waals surface area contributed by atoms with Gasteiger partial charge in [-0.2, -0.15) is 0 Å². The molecule has 112 valence electrons. The van der Waals surface area contributed by atoms with Gasteiger partial charge in [-0.15, -0.1) is 0 Å². The molecule has 0 unspecified atom stereocenters. The predicted octanol–water partition coefficient (Wildman–Crippen LogP) is 0.568. The van der Waals surface area contributed by atoms with E-state index in [9.17, 15) is 14.4 Å². The molecule has 0 aliphatic carbocycles. The van der Waals surface area contributed by atoms with Gasteiger partial charge in [0.15, 0.2) is 0 Å². The van der Waals surface area contributed by atoms with Crippen molar-refractivity contribution in [3.05, 3.63) is 0 Å². The third-order valence-electron chi connectivity index (χ3n) is 4.29. The van der Waals surface area contributed by atoms with Crippen LogP contribution in [0.1, 0.15) is 32.1 Å². The Bertz CT molecular complexity index is 410. The summed E-state index contributed by atoms with van der Waals surface area (Å²) in [6, 6.07) is 0. The molecule has 6 nitrogen and oxygen atoms in total. The minimum Gasteiger partial charge on any atom is -0.481 e. The molecule has 2 amide bonds. The lowest BCUT2D eigenvalue weighted by atomic mass is 9.92. The molecule has 2 rings (SSSR count). The summed E-state index contributed by atoms with van der Waals surface area (Å²) in [6.45, 7) is 1.88. The fourth-order valence-corrected chi connectivity index (χ4v) is 3.12. The Balaban J connectivity index is 1.87. The zero-order valence-corrected chi connectivity index (χ0v) is 11.9. The van der Waals surface area contributed by atoms with Crippen molar-refractivity contribution >= 4 is 17.8 Å². The van der Waals surface area contributed by atoms with Gasteiger partial charge in [0.25, 0.3) is 0 Å². The van der Waals surface area contributed by atoms with E-state index in [1.54, 1.807) is 11.9 Å². The number of likely N-dealkylation sites (tertiary alicyclic amines) is 2. The van der Waals surface area contributed by atoms with E-state index in [0.29, 0.717) is 25.9 Å². The largest absolute Gasteiger partial charge is 0.481 e. The number of hydrogen-bond donors (Lipinski definition) is 1. The zero-order chi connectivity index (χ0) is 14.7. The second kappa shape index (κ2) is 6.24. The quantitative estimate of drug-likeness (QED) is 0.817. The van der Waals surface area contributed by atoms with Crippen molar-refractivity contribution in [2.45, 2.75) is 32.1 Å². The predicted molar refractivity (Wildman–Crippen MR) is 71.9 cm³/mol. The van der Waals surface area contributed by atoms with Crippen LogP contribution >= 0.6 is 0 Å². The van der Waals surface area contributed by atoms with Gasteiger partial charge in [0, 0.05) is 39.5 Å². The Hall–Kier alpha value is -1.59. The SMILES string of the molecule is CN1C[C@H](C(=O)N2CCC[C@H](CCC(=O)O)C2)CC1=O. The molecule has 0 spiro atoms. The van der Waals surface area contributed by atoms with E-state index >= 15 is 0 Å². The van der Waals surface area contributed by atoms with E-state index in [2.05, 4.69) is 0 Å². The second-order valence-corrected chi connectivity index (χ2v) is 5.90. The fourth-order valence-electron chi connectivity index (χ4n) is 3.12. The number of piperidine rings is 1. The van der Waals surface area contributed by atoms with Crippen molar-refractivity contribution in [1.82, 2.24) is 9.80 Å².